The number of hydrogen-bond acceptors (Lipinski definition) is 6. The first-order valence-electron chi connectivity index (χ1n) is 9.24. The first-order valence-corrected chi connectivity index (χ1v) is 10.2. The van der Waals surface area contributed by atoms with E-state index in [0.29, 0.717) is 34.5 Å². The Morgan fingerprint density at radius 1 is 1.13 bits per heavy atom. The van der Waals surface area contributed by atoms with Gasteiger partial charge in [0.25, 0.3) is 17.7 Å². The number of ether oxygens (including phenoxy) is 1. The van der Waals surface area contributed by atoms with Gasteiger partial charge in [-0.25, -0.2) is 4.98 Å². The van der Waals surface area contributed by atoms with Crippen LogP contribution in [-0.2, 0) is 13.1 Å². The van der Waals surface area contributed by atoms with Crippen LogP contribution >= 0.6 is 11.3 Å². The molecule has 0 spiro atoms. The molecule has 1 aliphatic rings. The Morgan fingerprint density at radius 2 is 1.83 bits per heavy atom. The number of benzene rings is 2. The SMILES string of the molecule is COc1ccc(CN2C(=O)c3ccccc3C2=O)cc1C(=O)N(C)Cc1cscn1. The zero-order valence-corrected chi connectivity index (χ0v) is 17.3. The van der Waals surface area contributed by atoms with Gasteiger partial charge in [-0.15, -0.1) is 11.3 Å². The summed E-state index contributed by atoms with van der Waals surface area (Å²) < 4.78 is 5.36. The highest BCUT2D eigenvalue weighted by atomic mass is 32.1. The van der Waals surface area contributed by atoms with Crippen LogP contribution in [-0.4, -0.2) is 46.7 Å². The average molecular weight is 421 g/mol. The highest BCUT2D eigenvalue weighted by molar-refractivity contribution is 7.07. The topological polar surface area (TPSA) is 79.8 Å². The van der Waals surface area contributed by atoms with Crippen LogP contribution in [0.4, 0.5) is 0 Å². The van der Waals surface area contributed by atoms with Crippen LogP contribution in [0.3, 0.4) is 0 Å². The zero-order chi connectivity index (χ0) is 21.3. The van der Waals surface area contributed by atoms with Crippen LogP contribution in [0.15, 0.2) is 53.4 Å². The lowest BCUT2D eigenvalue weighted by Crippen LogP contribution is -2.30. The molecule has 0 N–H and O–H groups in total. The van der Waals surface area contributed by atoms with E-state index in [4.69, 9.17) is 4.74 Å². The van der Waals surface area contributed by atoms with Gasteiger partial charge in [-0.05, 0) is 29.8 Å². The third kappa shape index (κ3) is 3.57. The number of carbonyl (C=O) groups excluding carboxylic acids is 3. The van der Waals surface area contributed by atoms with Crippen LogP contribution in [0.2, 0.25) is 0 Å². The summed E-state index contributed by atoms with van der Waals surface area (Å²) in [5.74, 6) is -0.472. The number of rotatable bonds is 6. The van der Waals surface area contributed by atoms with E-state index in [-0.39, 0.29) is 24.3 Å². The number of fused-ring (bicyclic) bond motifs is 1. The Bertz CT molecular complexity index is 1090. The second kappa shape index (κ2) is 8.08. The summed E-state index contributed by atoms with van der Waals surface area (Å²) in [5, 5.41) is 1.89. The first-order chi connectivity index (χ1) is 14.5. The standard InChI is InChI=1S/C22H19N3O4S/c1-24(11-15-12-30-13-23-15)20(26)18-9-14(7-8-19(18)29-2)10-25-21(27)16-5-3-4-6-17(16)22(25)28/h3-9,12-13H,10-11H2,1-2H3. The smallest absolute Gasteiger partial charge is 0.261 e. The van der Waals surface area contributed by atoms with Crippen molar-refractivity contribution < 1.29 is 19.1 Å². The fourth-order valence-electron chi connectivity index (χ4n) is 3.42. The number of imide groups is 1. The third-order valence-corrected chi connectivity index (χ3v) is 5.58. The van der Waals surface area contributed by atoms with E-state index < -0.39 is 0 Å². The molecular weight excluding hydrogens is 402 g/mol. The van der Waals surface area contributed by atoms with Gasteiger partial charge in [-0.3, -0.25) is 19.3 Å². The molecule has 2 heterocycles. The maximum Gasteiger partial charge on any atom is 0.261 e. The van der Waals surface area contributed by atoms with Gasteiger partial charge in [0, 0.05) is 12.4 Å². The molecule has 0 aliphatic carbocycles. The van der Waals surface area contributed by atoms with Gasteiger partial charge in [0.05, 0.1) is 48.1 Å². The van der Waals surface area contributed by atoms with E-state index in [1.54, 1.807) is 59.9 Å². The fourth-order valence-corrected chi connectivity index (χ4v) is 3.97. The van der Waals surface area contributed by atoms with E-state index in [1.807, 2.05) is 5.38 Å². The Labute approximate surface area is 177 Å². The largest absolute Gasteiger partial charge is 0.496 e. The van der Waals surface area contributed by atoms with Gasteiger partial charge in [-0.2, -0.15) is 0 Å². The molecule has 0 saturated carbocycles. The Balaban J connectivity index is 1.58. The minimum Gasteiger partial charge on any atom is -0.496 e. The summed E-state index contributed by atoms with van der Waals surface area (Å²) in [7, 11) is 3.19. The molecule has 0 radical (unpaired) electrons. The minimum atomic E-state index is -0.333. The molecule has 1 aliphatic heterocycles. The molecule has 8 heteroatoms. The maximum atomic E-state index is 13.0. The summed E-state index contributed by atoms with van der Waals surface area (Å²) in [6, 6.07) is 11.9. The fraction of sp³-hybridized carbons (Fsp3) is 0.182. The van der Waals surface area contributed by atoms with Crippen LogP contribution in [0.25, 0.3) is 0 Å². The van der Waals surface area contributed by atoms with Crippen LogP contribution in [0, 0.1) is 0 Å². The predicted octanol–water partition coefficient (Wildman–Crippen LogP) is 3.22. The van der Waals surface area contributed by atoms with Crippen LogP contribution in [0.1, 0.15) is 42.3 Å². The van der Waals surface area contributed by atoms with Crippen molar-refractivity contribution in [2.45, 2.75) is 13.1 Å². The van der Waals surface area contributed by atoms with E-state index in [9.17, 15) is 14.4 Å². The molecule has 4 rings (SSSR count). The predicted molar refractivity (Wildman–Crippen MR) is 112 cm³/mol. The molecule has 152 valence electrons. The summed E-state index contributed by atoms with van der Waals surface area (Å²) in [6.45, 7) is 0.445. The van der Waals surface area contributed by atoms with Gasteiger partial charge in [0.15, 0.2) is 0 Å². The Kier molecular flexibility index (Phi) is 5.33. The van der Waals surface area contributed by atoms with Gasteiger partial charge < -0.3 is 9.64 Å². The number of amides is 3. The van der Waals surface area contributed by atoms with E-state index in [0.717, 1.165) is 5.69 Å². The molecule has 0 unspecified atom stereocenters. The monoisotopic (exact) mass is 421 g/mol. The molecule has 0 fully saturated rings. The number of hydrogen-bond donors (Lipinski definition) is 0. The minimum absolute atomic E-state index is 0.0758. The number of nitrogens with zero attached hydrogens (tertiary/aromatic N) is 3. The molecule has 1 aromatic heterocycles. The quantitative estimate of drug-likeness (QED) is 0.571. The van der Waals surface area contributed by atoms with E-state index >= 15 is 0 Å². The van der Waals surface area contributed by atoms with Crippen LogP contribution in [0.5, 0.6) is 5.75 Å². The van der Waals surface area contributed by atoms with Crippen molar-refractivity contribution in [3.63, 3.8) is 0 Å². The third-order valence-electron chi connectivity index (χ3n) is 4.94. The van der Waals surface area contributed by atoms with Gasteiger partial charge in [-0.1, -0.05) is 18.2 Å². The summed E-state index contributed by atoms with van der Waals surface area (Å²) >= 11 is 1.47. The highest BCUT2D eigenvalue weighted by Gasteiger charge is 2.35. The van der Waals surface area contributed by atoms with Gasteiger partial charge in [0.2, 0.25) is 0 Å². The molecule has 7 nitrogen and oxygen atoms in total. The normalized spacial score (nSPS) is 12.8. The zero-order valence-electron chi connectivity index (χ0n) is 16.5. The first kappa shape index (κ1) is 19.8. The van der Waals surface area contributed by atoms with Gasteiger partial charge in [0.1, 0.15) is 5.75 Å². The molecule has 30 heavy (non-hydrogen) atoms. The molecule has 0 atom stereocenters. The molecule has 3 aromatic rings. The highest BCUT2D eigenvalue weighted by Crippen LogP contribution is 2.27. The van der Waals surface area contributed by atoms with Crippen molar-refractivity contribution in [1.82, 2.24) is 14.8 Å². The molecule has 3 amide bonds. The number of aromatic nitrogens is 1. The number of methoxy groups -OCH3 is 1. The van der Waals surface area contributed by atoms with Crippen molar-refractivity contribution >= 4 is 29.1 Å². The van der Waals surface area contributed by atoms with Gasteiger partial charge >= 0.3 is 0 Å². The van der Waals surface area contributed by atoms with E-state index in [1.165, 1.54) is 23.3 Å². The van der Waals surface area contributed by atoms with Crippen molar-refractivity contribution in [3.8, 4) is 5.75 Å². The number of carbonyl (C=O) groups is 3. The van der Waals surface area contributed by atoms with Crippen LogP contribution < -0.4 is 4.74 Å². The number of thiazole rings is 1. The second-order valence-corrected chi connectivity index (χ2v) is 7.64. The van der Waals surface area contributed by atoms with Crippen molar-refractivity contribution in [3.05, 3.63) is 81.3 Å². The van der Waals surface area contributed by atoms with Crippen molar-refractivity contribution in [1.29, 1.82) is 0 Å². The van der Waals surface area contributed by atoms with Crippen molar-refractivity contribution in [2.75, 3.05) is 14.2 Å². The summed E-state index contributed by atoms with van der Waals surface area (Å²) in [5.41, 5.74) is 4.35. The summed E-state index contributed by atoms with van der Waals surface area (Å²) in [6.07, 6.45) is 0. The second-order valence-electron chi connectivity index (χ2n) is 6.92. The molecule has 2 aromatic carbocycles. The molecule has 0 bridgehead atoms. The molecule has 0 saturated heterocycles. The average Bonchev–Trinajstić information content (AvgIpc) is 3.36. The Morgan fingerprint density at radius 3 is 2.43 bits per heavy atom. The van der Waals surface area contributed by atoms with Crippen molar-refractivity contribution in [2.24, 2.45) is 0 Å². The van der Waals surface area contributed by atoms with E-state index in [2.05, 4.69) is 4.98 Å². The lowest BCUT2D eigenvalue weighted by atomic mass is 10.1. The lowest BCUT2D eigenvalue weighted by molar-refractivity contribution is 0.0642. The Hall–Kier alpha value is -3.52. The lowest BCUT2D eigenvalue weighted by Gasteiger charge is -2.19. The summed E-state index contributed by atoms with van der Waals surface area (Å²) in [4.78, 5) is 45.3. The maximum absolute atomic E-state index is 13.0. The molecular formula is C22H19N3O4S.